The first-order valence-electron chi connectivity index (χ1n) is 12.8. The minimum Gasteiger partial charge on any atom is -0.495 e. The topological polar surface area (TPSA) is 71.4 Å². The molecule has 8 heteroatoms. The van der Waals surface area contributed by atoms with Crippen LogP contribution in [0.2, 0.25) is 0 Å². The fraction of sp³-hybridized carbons (Fsp3) is 0.233. The van der Waals surface area contributed by atoms with Crippen molar-refractivity contribution in [1.29, 1.82) is 0 Å². The molecule has 5 rings (SSSR count). The molecule has 2 N–H and O–H groups in total. The number of carbonyl (C=O) groups is 1. The van der Waals surface area contributed by atoms with Gasteiger partial charge in [-0.3, -0.25) is 9.78 Å². The third kappa shape index (κ3) is 5.13. The maximum atomic E-state index is 13.0. The number of ether oxygens (including phenoxy) is 1. The van der Waals surface area contributed by atoms with E-state index in [9.17, 15) is 4.79 Å². The Balaban J connectivity index is 1.46. The second-order valence-corrected chi connectivity index (χ2v) is 9.49. The SMILES string of the molecule is CCc1ccccc1NC(=O)CCN1C(=S)N[C@@H](c2ccccn2)[C@H]1c1cccn1-c1ccccc1OC. The number of rotatable bonds is 9. The summed E-state index contributed by atoms with van der Waals surface area (Å²) in [6.07, 6.45) is 4.96. The van der Waals surface area contributed by atoms with Gasteiger partial charge in [-0.1, -0.05) is 43.3 Å². The van der Waals surface area contributed by atoms with Crippen molar-refractivity contribution in [3.63, 3.8) is 0 Å². The molecule has 194 valence electrons. The van der Waals surface area contributed by atoms with Crippen LogP contribution in [0.5, 0.6) is 5.75 Å². The van der Waals surface area contributed by atoms with Crippen LogP contribution in [0.4, 0.5) is 5.69 Å². The van der Waals surface area contributed by atoms with Crippen LogP contribution in [-0.2, 0) is 11.2 Å². The zero-order chi connectivity index (χ0) is 26.5. The predicted molar refractivity (Wildman–Crippen MR) is 154 cm³/mol. The molecule has 2 atom stereocenters. The Morgan fingerprint density at radius 3 is 2.63 bits per heavy atom. The highest BCUT2D eigenvalue weighted by molar-refractivity contribution is 7.80. The van der Waals surface area contributed by atoms with Crippen molar-refractivity contribution in [1.82, 2.24) is 19.8 Å². The van der Waals surface area contributed by atoms with Gasteiger partial charge in [0.25, 0.3) is 0 Å². The summed E-state index contributed by atoms with van der Waals surface area (Å²) in [5, 5.41) is 7.16. The van der Waals surface area contributed by atoms with Gasteiger partial charge in [-0.25, -0.2) is 0 Å². The molecule has 4 aromatic rings. The average molecular weight is 526 g/mol. The van der Waals surface area contributed by atoms with Gasteiger partial charge >= 0.3 is 0 Å². The average Bonchev–Trinajstić information content (AvgIpc) is 3.56. The Kier molecular flexibility index (Phi) is 7.70. The molecule has 38 heavy (non-hydrogen) atoms. The summed E-state index contributed by atoms with van der Waals surface area (Å²) >= 11 is 5.82. The first-order chi connectivity index (χ1) is 18.6. The number of methoxy groups -OCH3 is 1. The summed E-state index contributed by atoms with van der Waals surface area (Å²) in [6.45, 7) is 2.54. The van der Waals surface area contributed by atoms with Crippen molar-refractivity contribution in [2.45, 2.75) is 31.8 Å². The largest absolute Gasteiger partial charge is 0.495 e. The number of pyridine rings is 1. The summed E-state index contributed by atoms with van der Waals surface area (Å²) in [6, 6.07) is 25.4. The third-order valence-electron chi connectivity index (χ3n) is 6.88. The summed E-state index contributed by atoms with van der Waals surface area (Å²) in [5.41, 5.74) is 4.81. The van der Waals surface area contributed by atoms with E-state index >= 15 is 0 Å². The molecule has 1 amide bonds. The van der Waals surface area contributed by atoms with Crippen LogP contribution in [0.15, 0.2) is 91.3 Å². The number of aryl methyl sites for hydroxylation is 1. The molecule has 7 nitrogen and oxygen atoms in total. The van der Waals surface area contributed by atoms with E-state index in [0.29, 0.717) is 18.1 Å². The van der Waals surface area contributed by atoms with Gasteiger partial charge in [0.2, 0.25) is 5.91 Å². The van der Waals surface area contributed by atoms with E-state index in [1.165, 1.54) is 0 Å². The second-order valence-electron chi connectivity index (χ2n) is 9.10. The lowest BCUT2D eigenvalue weighted by atomic mass is 10.0. The molecular weight excluding hydrogens is 494 g/mol. The first-order valence-corrected chi connectivity index (χ1v) is 13.2. The molecule has 0 bridgehead atoms. The fourth-order valence-electron chi connectivity index (χ4n) is 5.04. The Bertz CT molecular complexity index is 1420. The minimum atomic E-state index is -0.187. The van der Waals surface area contributed by atoms with E-state index < -0.39 is 0 Å². The Hall–Kier alpha value is -4.17. The van der Waals surface area contributed by atoms with E-state index in [-0.39, 0.29) is 18.0 Å². The number of hydrogen-bond acceptors (Lipinski definition) is 4. The Morgan fingerprint density at radius 2 is 1.84 bits per heavy atom. The second kappa shape index (κ2) is 11.5. The molecule has 1 aliphatic heterocycles. The number of carbonyl (C=O) groups excluding carboxylic acids is 1. The van der Waals surface area contributed by atoms with Crippen LogP contribution >= 0.6 is 12.2 Å². The van der Waals surface area contributed by atoms with Crippen LogP contribution in [0.25, 0.3) is 5.69 Å². The predicted octanol–water partition coefficient (Wildman–Crippen LogP) is 5.44. The van der Waals surface area contributed by atoms with Gasteiger partial charge in [-0.2, -0.15) is 0 Å². The maximum absolute atomic E-state index is 13.0. The highest BCUT2D eigenvalue weighted by Crippen LogP contribution is 2.40. The molecule has 2 aromatic carbocycles. The number of benzene rings is 2. The lowest BCUT2D eigenvalue weighted by Crippen LogP contribution is -2.33. The molecule has 3 heterocycles. The Labute approximate surface area is 228 Å². The van der Waals surface area contributed by atoms with Crippen LogP contribution in [0.3, 0.4) is 0 Å². The molecule has 1 aliphatic rings. The molecule has 0 aliphatic carbocycles. The fourth-order valence-corrected chi connectivity index (χ4v) is 5.37. The molecule has 0 saturated carbocycles. The maximum Gasteiger partial charge on any atom is 0.226 e. The van der Waals surface area contributed by atoms with Crippen molar-refractivity contribution in [2.75, 3.05) is 19.0 Å². The summed E-state index contributed by atoms with van der Waals surface area (Å²) in [5.74, 6) is 0.724. The van der Waals surface area contributed by atoms with Crippen molar-refractivity contribution < 1.29 is 9.53 Å². The number of anilines is 1. The van der Waals surface area contributed by atoms with Gasteiger partial charge in [-0.05, 0) is 66.7 Å². The van der Waals surface area contributed by atoms with E-state index in [0.717, 1.165) is 40.5 Å². The van der Waals surface area contributed by atoms with Crippen molar-refractivity contribution in [3.05, 3.63) is 108 Å². The summed E-state index contributed by atoms with van der Waals surface area (Å²) < 4.78 is 7.78. The molecular formula is C30H31N5O2S. The van der Waals surface area contributed by atoms with Crippen LogP contribution < -0.4 is 15.4 Å². The van der Waals surface area contributed by atoms with Gasteiger partial charge in [0.15, 0.2) is 5.11 Å². The molecule has 2 aromatic heterocycles. The molecule has 1 fully saturated rings. The number of nitrogens with one attached hydrogen (secondary N) is 2. The lowest BCUT2D eigenvalue weighted by Gasteiger charge is -2.29. The number of amides is 1. The van der Waals surface area contributed by atoms with Gasteiger partial charge in [-0.15, -0.1) is 0 Å². The molecule has 0 spiro atoms. The number of hydrogen-bond donors (Lipinski definition) is 2. The van der Waals surface area contributed by atoms with E-state index in [4.69, 9.17) is 17.0 Å². The zero-order valence-electron chi connectivity index (χ0n) is 21.5. The van der Waals surface area contributed by atoms with E-state index in [1.807, 2.05) is 79.0 Å². The van der Waals surface area contributed by atoms with Gasteiger partial charge in [0.05, 0.1) is 30.6 Å². The van der Waals surface area contributed by atoms with Gasteiger partial charge in [0, 0.05) is 36.7 Å². The smallest absolute Gasteiger partial charge is 0.226 e. The van der Waals surface area contributed by atoms with Crippen LogP contribution in [0.1, 0.15) is 42.4 Å². The van der Waals surface area contributed by atoms with E-state index in [1.54, 1.807) is 13.3 Å². The highest BCUT2D eigenvalue weighted by Gasteiger charge is 2.41. The molecule has 0 radical (unpaired) electrons. The highest BCUT2D eigenvalue weighted by atomic mass is 32.1. The first kappa shape index (κ1) is 25.5. The number of aromatic nitrogens is 2. The van der Waals surface area contributed by atoms with E-state index in [2.05, 4.69) is 38.1 Å². The van der Waals surface area contributed by atoms with Crippen molar-refractivity contribution in [3.8, 4) is 11.4 Å². The van der Waals surface area contributed by atoms with Crippen LogP contribution in [0, 0.1) is 0 Å². The zero-order valence-corrected chi connectivity index (χ0v) is 22.3. The quantitative estimate of drug-likeness (QED) is 0.284. The number of para-hydroxylation sites is 3. The van der Waals surface area contributed by atoms with Gasteiger partial charge < -0.3 is 24.8 Å². The molecule has 1 saturated heterocycles. The summed E-state index contributed by atoms with van der Waals surface area (Å²) in [7, 11) is 1.67. The Morgan fingerprint density at radius 1 is 1.05 bits per heavy atom. The lowest BCUT2D eigenvalue weighted by molar-refractivity contribution is -0.116. The third-order valence-corrected chi connectivity index (χ3v) is 7.23. The number of nitrogens with zero attached hydrogens (tertiary/aromatic N) is 3. The number of thiocarbonyl (C=S) groups is 1. The van der Waals surface area contributed by atoms with Crippen molar-refractivity contribution >= 4 is 28.9 Å². The van der Waals surface area contributed by atoms with Crippen LogP contribution in [-0.4, -0.2) is 39.1 Å². The summed E-state index contributed by atoms with van der Waals surface area (Å²) in [4.78, 5) is 19.8. The molecule has 0 unspecified atom stereocenters. The standard InChI is InChI=1S/C30H31N5O2S/c1-3-21-11-4-5-12-22(21)32-27(36)17-20-35-29(28(33-30(35)38)23-13-8-9-18-31-23)25-15-10-19-34(25)24-14-6-7-16-26(24)37-2/h4-16,18-19,28-29H,3,17,20H2,1-2H3,(H,32,36)(H,33,38)/t28-,29+/m0/s1. The minimum absolute atomic E-state index is 0.0474. The van der Waals surface area contributed by atoms with Crippen molar-refractivity contribution in [2.24, 2.45) is 0 Å². The normalized spacial score (nSPS) is 16.8. The monoisotopic (exact) mass is 525 g/mol. The van der Waals surface area contributed by atoms with Gasteiger partial charge in [0.1, 0.15) is 5.75 Å².